The summed E-state index contributed by atoms with van der Waals surface area (Å²) in [6, 6.07) is 0. The van der Waals surface area contributed by atoms with E-state index < -0.39 is 0 Å². The lowest BCUT2D eigenvalue weighted by molar-refractivity contribution is 0.311. The Balaban J connectivity index is 2.92. The average Bonchev–Trinajstić information content (AvgIpc) is 2.09. The van der Waals surface area contributed by atoms with E-state index in [0.717, 1.165) is 11.3 Å². The van der Waals surface area contributed by atoms with E-state index in [1.807, 2.05) is 13.8 Å². The van der Waals surface area contributed by atoms with Gasteiger partial charge in [-0.05, 0) is 25.4 Å². The lowest BCUT2D eigenvalue weighted by Crippen LogP contribution is -2.09. The highest BCUT2D eigenvalue weighted by Crippen LogP contribution is 2.16. The Morgan fingerprint density at radius 1 is 1.38 bits per heavy atom. The van der Waals surface area contributed by atoms with Gasteiger partial charge in [0.05, 0.1) is 6.61 Å². The van der Waals surface area contributed by atoms with Gasteiger partial charge in [0.2, 0.25) is 5.28 Å². The Morgan fingerprint density at radius 3 is 2.69 bits per heavy atom. The van der Waals surface area contributed by atoms with Crippen LogP contribution < -0.4 is 5.32 Å². The van der Waals surface area contributed by atoms with Gasteiger partial charge in [-0.3, -0.25) is 0 Å². The van der Waals surface area contributed by atoms with Crippen molar-refractivity contribution in [3.63, 3.8) is 0 Å². The maximum Gasteiger partial charge on any atom is 0.224 e. The number of aromatic nitrogens is 2. The highest BCUT2D eigenvalue weighted by atomic mass is 35.5. The van der Waals surface area contributed by atoms with Crippen LogP contribution in [0.3, 0.4) is 0 Å². The summed E-state index contributed by atoms with van der Waals surface area (Å²) in [5, 5.41) is 11.8. The van der Waals surface area contributed by atoms with Crippen LogP contribution in [-0.4, -0.2) is 28.2 Å². The molecule has 1 rings (SSSR count). The minimum Gasteiger partial charge on any atom is -0.395 e. The molecule has 1 aromatic heterocycles. The van der Waals surface area contributed by atoms with Crippen LogP contribution >= 0.6 is 11.6 Å². The van der Waals surface area contributed by atoms with Gasteiger partial charge >= 0.3 is 0 Å². The van der Waals surface area contributed by atoms with Crippen molar-refractivity contribution >= 4 is 17.4 Å². The summed E-state index contributed by atoms with van der Waals surface area (Å²) in [6.45, 7) is 4.31. The second-order valence-electron chi connectivity index (χ2n) is 2.70. The predicted octanol–water partition coefficient (Wildman–Crippen LogP) is 1.15. The fraction of sp³-hybridized carbons (Fsp3) is 0.500. The first-order chi connectivity index (χ1) is 6.15. The molecule has 0 fully saturated rings. The molecule has 72 valence electrons. The Labute approximate surface area is 82.0 Å². The summed E-state index contributed by atoms with van der Waals surface area (Å²) in [7, 11) is 0. The maximum atomic E-state index is 8.62. The van der Waals surface area contributed by atoms with Gasteiger partial charge < -0.3 is 10.4 Å². The monoisotopic (exact) mass is 201 g/mol. The van der Waals surface area contributed by atoms with Crippen LogP contribution in [0.25, 0.3) is 0 Å². The zero-order valence-corrected chi connectivity index (χ0v) is 8.39. The third kappa shape index (κ3) is 2.54. The normalized spacial score (nSPS) is 10.2. The molecule has 0 atom stereocenters. The third-order valence-corrected chi connectivity index (χ3v) is 1.94. The number of nitrogens with zero attached hydrogens (tertiary/aromatic N) is 2. The van der Waals surface area contributed by atoms with Crippen LogP contribution in [0.1, 0.15) is 11.3 Å². The van der Waals surface area contributed by atoms with Crippen molar-refractivity contribution in [2.75, 3.05) is 18.5 Å². The van der Waals surface area contributed by atoms with Crippen molar-refractivity contribution in [1.82, 2.24) is 9.97 Å². The standard InChI is InChI=1S/C8H12ClN3O/c1-5-6(2)11-8(9)12-7(5)10-3-4-13/h13H,3-4H2,1-2H3,(H,10,11,12). The van der Waals surface area contributed by atoms with Crippen LogP contribution in [0.5, 0.6) is 0 Å². The lowest BCUT2D eigenvalue weighted by atomic mass is 10.2. The second-order valence-corrected chi connectivity index (χ2v) is 3.04. The van der Waals surface area contributed by atoms with E-state index in [4.69, 9.17) is 16.7 Å². The largest absolute Gasteiger partial charge is 0.395 e. The molecule has 0 radical (unpaired) electrons. The number of hydrogen-bond acceptors (Lipinski definition) is 4. The summed E-state index contributed by atoms with van der Waals surface area (Å²) in [4.78, 5) is 8.00. The molecule has 0 bridgehead atoms. The summed E-state index contributed by atoms with van der Waals surface area (Å²) >= 11 is 5.68. The van der Waals surface area contributed by atoms with E-state index in [1.165, 1.54) is 0 Å². The van der Waals surface area contributed by atoms with Gasteiger partial charge in [-0.15, -0.1) is 0 Å². The number of rotatable bonds is 3. The molecule has 13 heavy (non-hydrogen) atoms. The van der Waals surface area contributed by atoms with Gasteiger partial charge in [0.1, 0.15) is 5.82 Å². The first kappa shape index (κ1) is 10.2. The molecule has 0 unspecified atom stereocenters. The first-order valence-corrected chi connectivity index (χ1v) is 4.38. The van der Waals surface area contributed by atoms with Crippen molar-refractivity contribution < 1.29 is 5.11 Å². The van der Waals surface area contributed by atoms with Crippen LogP contribution in [0, 0.1) is 13.8 Å². The Hall–Kier alpha value is -0.870. The molecule has 0 aromatic carbocycles. The molecule has 0 aliphatic rings. The van der Waals surface area contributed by atoms with E-state index >= 15 is 0 Å². The van der Waals surface area contributed by atoms with Crippen LogP contribution in [0.15, 0.2) is 0 Å². The van der Waals surface area contributed by atoms with Gasteiger partial charge in [-0.25, -0.2) is 9.97 Å². The van der Waals surface area contributed by atoms with Crippen LogP contribution in [-0.2, 0) is 0 Å². The average molecular weight is 202 g/mol. The molecule has 2 N–H and O–H groups in total. The SMILES string of the molecule is Cc1nc(Cl)nc(NCCO)c1C. The zero-order chi connectivity index (χ0) is 9.84. The number of aliphatic hydroxyl groups excluding tert-OH is 1. The molecule has 1 aromatic rings. The van der Waals surface area contributed by atoms with Gasteiger partial charge in [-0.2, -0.15) is 0 Å². The Morgan fingerprint density at radius 2 is 2.08 bits per heavy atom. The van der Waals surface area contributed by atoms with Gasteiger partial charge in [-0.1, -0.05) is 0 Å². The molecule has 5 heteroatoms. The van der Waals surface area contributed by atoms with E-state index in [0.29, 0.717) is 12.4 Å². The maximum absolute atomic E-state index is 8.62. The van der Waals surface area contributed by atoms with Crippen molar-refractivity contribution in [1.29, 1.82) is 0 Å². The van der Waals surface area contributed by atoms with Crippen LogP contribution in [0.4, 0.5) is 5.82 Å². The number of nitrogens with one attached hydrogen (secondary N) is 1. The van der Waals surface area contributed by atoms with Gasteiger partial charge in [0.15, 0.2) is 0 Å². The van der Waals surface area contributed by atoms with Gasteiger partial charge in [0.25, 0.3) is 0 Å². The Kier molecular flexibility index (Phi) is 3.45. The summed E-state index contributed by atoms with van der Waals surface area (Å²) in [5.41, 5.74) is 1.80. The molecule has 0 spiro atoms. The number of aryl methyl sites for hydroxylation is 1. The molecule has 0 saturated carbocycles. The first-order valence-electron chi connectivity index (χ1n) is 4.00. The van der Waals surface area contributed by atoms with Crippen molar-refractivity contribution in [3.05, 3.63) is 16.5 Å². The second kappa shape index (κ2) is 4.39. The summed E-state index contributed by atoms with van der Waals surface area (Å²) in [5.74, 6) is 0.687. The molecular weight excluding hydrogens is 190 g/mol. The molecule has 1 heterocycles. The number of hydrogen-bond donors (Lipinski definition) is 2. The van der Waals surface area contributed by atoms with Gasteiger partial charge in [0, 0.05) is 17.8 Å². The highest BCUT2D eigenvalue weighted by molar-refractivity contribution is 6.28. The fourth-order valence-corrected chi connectivity index (χ4v) is 1.15. The van der Waals surface area contributed by atoms with E-state index in [1.54, 1.807) is 0 Å². The quantitative estimate of drug-likeness (QED) is 0.721. The highest BCUT2D eigenvalue weighted by Gasteiger charge is 2.05. The molecule has 4 nitrogen and oxygen atoms in total. The van der Waals surface area contributed by atoms with Crippen molar-refractivity contribution in [2.24, 2.45) is 0 Å². The van der Waals surface area contributed by atoms with E-state index in [9.17, 15) is 0 Å². The Bertz CT molecular complexity index is 304. The smallest absolute Gasteiger partial charge is 0.224 e. The fourth-order valence-electron chi connectivity index (χ4n) is 0.941. The zero-order valence-electron chi connectivity index (χ0n) is 7.63. The number of aliphatic hydroxyl groups is 1. The summed E-state index contributed by atoms with van der Waals surface area (Å²) in [6.07, 6.45) is 0. The topological polar surface area (TPSA) is 58.0 Å². The predicted molar refractivity (Wildman–Crippen MR) is 52.1 cm³/mol. The third-order valence-electron chi connectivity index (χ3n) is 1.77. The summed E-state index contributed by atoms with van der Waals surface area (Å²) < 4.78 is 0. The van der Waals surface area contributed by atoms with Crippen LogP contribution in [0.2, 0.25) is 5.28 Å². The minimum absolute atomic E-state index is 0.0696. The van der Waals surface area contributed by atoms with E-state index in [2.05, 4.69) is 15.3 Å². The van der Waals surface area contributed by atoms with Crippen molar-refractivity contribution in [2.45, 2.75) is 13.8 Å². The van der Waals surface area contributed by atoms with Crippen molar-refractivity contribution in [3.8, 4) is 0 Å². The molecule has 0 amide bonds. The molecule has 0 saturated heterocycles. The molecule has 0 aliphatic carbocycles. The van der Waals surface area contributed by atoms with E-state index in [-0.39, 0.29) is 11.9 Å². The number of halogens is 1. The molecular formula is C8H12ClN3O. The molecule has 0 aliphatic heterocycles. The minimum atomic E-state index is 0.0696. The lowest BCUT2D eigenvalue weighted by Gasteiger charge is -2.08. The number of anilines is 1.